The van der Waals surface area contributed by atoms with Crippen molar-refractivity contribution in [3.8, 4) is 0 Å². The van der Waals surface area contributed by atoms with Crippen LogP contribution in [0, 0.1) is 0 Å². The molecule has 0 aliphatic rings. The molecule has 1 atom stereocenters. The van der Waals surface area contributed by atoms with Crippen LogP contribution in [0.4, 0.5) is 4.79 Å². The zero-order valence-corrected chi connectivity index (χ0v) is 8.10. The molecule has 0 aromatic heterocycles. The van der Waals surface area contributed by atoms with Gasteiger partial charge >= 0.3 is 6.09 Å². The second kappa shape index (κ2) is 4.37. The van der Waals surface area contributed by atoms with Gasteiger partial charge in [-0.15, -0.1) is 0 Å². The van der Waals surface area contributed by atoms with Crippen molar-refractivity contribution in [1.82, 2.24) is 5.32 Å². The van der Waals surface area contributed by atoms with Gasteiger partial charge in [-0.25, -0.2) is 4.79 Å². The average Bonchev–Trinajstić information content (AvgIpc) is 1.87. The van der Waals surface area contributed by atoms with Gasteiger partial charge in [0, 0.05) is 7.05 Å². The molecule has 0 aromatic rings. The summed E-state index contributed by atoms with van der Waals surface area (Å²) in [6.07, 6.45) is 0.594. The molecule has 0 rings (SSSR count). The van der Waals surface area contributed by atoms with Gasteiger partial charge in [0.05, 0.1) is 16.0 Å². The summed E-state index contributed by atoms with van der Waals surface area (Å²) in [5, 5.41) is 2.39. The Morgan fingerprint density at radius 1 is 1.89 bits per heavy atom. The Labute approximate surface area is 58.2 Å². The maximum absolute atomic E-state index is 10.5. The van der Waals surface area contributed by atoms with E-state index in [9.17, 15) is 4.79 Å². The van der Waals surface area contributed by atoms with Crippen molar-refractivity contribution in [2.45, 2.75) is 19.1 Å². The van der Waals surface area contributed by atoms with Crippen LogP contribution in [-0.4, -0.2) is 29.1 Å². The van der Waals surface area contributed by atoms with Gasteiger partial charge in [-0.1, -0.05) is 6.92 Å². The summed E-state index contributed by atoms with van der Waals surface area (Å²) in [7, 11) is 2.47. The number of hydrogen-bond donors (Lipinski definition) is 1. The predicted octanol–water partition coefficient (Wildman–Crippen LogP) is -0.556. The van der Waals surface area contributed by atoms with E-state index in [1.165, 1.54) is 0 Å². The molecule has 0 aliphatic carbocycles. The summed E-state index contributed by atoms with van der Waals surface area (Å²) in [6.45, 7) is 2.00. The second-order valence-corrected chi connectivity index (χ2v) is 3.16. The summed E-state index contributed by atoms with van der Waals surface area (Å²) in [6, 6.07) is 0. The smallest absolute Gasteiger partial charge is 0.406 e. The van der Waals surface area contributed by atoms with Gasteiger partial charge in [0.15, 0.2) is 0 Å². The molecular weight excluding hydrogens is 134 g/mol. The largest absolute Gasteiger partial charge is 0.451 e. The Morgan fingerprint density at radius 3 is 2.78 bits per heavy atom. The monoisotopic (exact) mass is 147 g/mol. The molecule has 0 heterocycles. The van der Waals surface area contributed by atoms with Gasteiger partial charge in [0.2, 0.25) is 0 Å². The molecule has 0 saturated heterocycles. The molecule has 0 aromatic carbocycles. The van der Waals surface area contributed by atoms with E-state index < -0.39 is 0 Å². The maximum Gasteiger partial charge on any atom is 0.406 e. The lowest BCUT2D eigenvalue weighted by Gasteiger charge is -2.08. The van der Waals surface area contributed by atoms with Crippen LogP contribution in [0.25, 0.3) is 0 Å². The minimum atomic E-state index is -0.322. The predicted molar refractivity (Wildman–Crippen MR) is 39.6 cm³/mol. The fourth-order valence-electron chi connectivity index (χ4n) is 0.325. The molecular formula is C5H13NO2Si. The molecule has 1 N–H and O–H groups in total. The van der Waals surface area contributed by atoms with Crippen molar-refractivity contribution >= 4 is 16.3 Å². The molecule has 1 unspecified atom stereocenters. The highest BCUT2D eigenvalue weighted by atomic mass is 28.1. The minimum absolute atomic E-state index is 0.157. The van der Waals surface area contributed by atoms with Gasteiger partial charge in [0.25, 0.3) is 0 Å². The Kier molecular flexibility index (Phi) is 4.12. The molecule has 54 valence electrons. The third-order valence-electron chi connectivity index (χ3n) is 1.09. The van der Waals surface area contributed by atoms with Crippen molar-refractivity contribution in [2.75, 3.05) is 7.05 Å². The van der Waals surface area contributed by atoms with Crippen LogP contribution in [-0.2, 0) is 4.74 Å². The first-order chi connectivity index (χ1) is 4.20. The van der Waals surface area contributed by atoms with E-state index in [0.29, 0.717) is 0 Å². The number of ether oxygens (including phenoxy) is 1. The molecule has 0 bridgehead atoms. The first kappa shape index (κ1) is 8.49. The SMILES string of the molecule is CCC([SiH3])OC(=O)NC. The fourth-order valence-corrected chi connectivity index (χ4v) is 0.539. The Bertz CT molecular complexity index is 97.0. The third-order valence-corrected chi connectivity index (χ3v) is 2.14. The van der Waals surface area contributed by atoms with Crippen LogP contribution in [0.5, 0.6) is 0 Å². The quantitative estimate of drug-likeness (QED) is 0.532. The number of alkyl carbamates (subject to hydrolysis) is 1. The minimum Gasteiger partial charge on any atom is -0.451 e. The number of carbonyl (C=O) groups is 1. The number of hydrogen-bond acceptors (Lipinski definition) is 2. The van der Waals surface area contributed by atoms with Crippen molar-refractivity contribution in [3.05, 3.63) is 0 Å². The molecule has 0 fully saturated rings. The molecule has 0 aliphatic heterocycles. The first-order valence-electron chi connectivity index (χ1n) is 3.09. The highest BCUT2D eigenvalue weighted by Gasteiger charge is 2.02. The summed E-state index contributed by atoms with van der Waals surface area (Å²) >= 11 is 0. The van der Waals surface area contributed by atoms with E-state index in [1.54, 1.807) is 7.05 Å². The van der Waals surface area contributed by atoms with E-state index in [4.69, 9.17) is 4.74 Å². The van der Waals surface area contributed by atoms with Crippen LogP contribution < -0.4 is 5.32 Å². The highest BCUT2D eigenvalue weighted by Crippen LogP contribution is 1.90. The molecule has 4 heteroatoms. The topological polar surface area (TPSA) is 38.3 Å². The van der Waals surface area contributed by atoms with Gasteiger partial charge in [0.1, 0.15) is 0 Å². The first-order valence-corrected chi connectivity index (χ1v) is 4.24. The van der Waals surface area contributed by atoms with Gasteiger partial charge in [-0.2, -0.15) is 0 Å². The van der Waals surface area contributed by atoms with Crippen molar-refractivity contribution in [2.24, 2.45) is 0 Å². The van der Waals surface area contributed by atoms with Gasteiger partial charge in [-0.3, -0.25) is 0 Å². The van der Waals surface area contributed by atoms with E-state index in [0.717, 1.165) is 16.7 Å². The van der Waals surface area contributed by atoms with Crippen LogP contribution in [0.1, 0.15) is 13.3 Å². The number of amides is 1. The summed E-state index contributed by atoms with van der Waals surface area (Å²) in [5.41, 5.74) is 0.157. The molecule has 0 spiro atoms. The van der Waals surface area contributed by atoms with Crippen molar-refractivity contribution in [1.29, 1.82) is 0 Å². The summed E-state index contributed by atoms with van der Waals surface area (Å²) in [5.74, 6) is 0. The number of rotatable bonds is 2. The van der Waals surface area contributed by atoms with E-state index in [2.05, 4.69) is 5.32 Å². The number of nitrogens with one attached hydrogen (secondary N) is 1. The average molecular weight is 147 g/mol. The molecule has 1 amide bonds. The lowest BCUT2D eigenvalue weighted by atomic mass is 10.5. The van der Waals surface area contributed by atoms with Crippen LogP contribution in [0.3, 0.4) is 0 Å². The standard InChI is InChI=1S/C5H13NO2Si/c1-3-4(9)8-5(7)6-2/h4H,3H2,1-2,9H3,(H,6,7). The highest BCUT2D eigenvalue weighted by molar-refractivity contribution is 6.11. The van der Waals surface area contributed by atoms with E-state index in [1.807, 2.05) is 6.92 Å². The molecule has 9 heavy (non-hydrogen) atoms. The zero-order chi connectivity index (χ0) is 7.28. The van der Waals surface area contributed by atoms with Crippen LogP contribution in [0.15, 0.2) is 0 Å². The van der Waals surface area contributed by atoms with E-state index >= 15 is 0 Å². The van der Waals surface area contributed by atoms with Gasteiger partial charge in [-0.05, 0) is 6.42 Å². The summed E-state index contributed by atoms with van der Waals surface area (Å²) < 4.78 is 4.86. The maximum atomic E-state index is 10.5. The Morgan fingerprint density at radius 2 is 2.44 bits per heavy atom. The van der Waals surface area contributed by atoms with Crippen LogP contribution in [0.2, 0.25) is 0 Å². The van der Waals surface area contributed by atoms with Crippen molar-refractivity contribution < 1.29 is 9.53 Å². The van der Waals surface area contributed by atoms with Gasteiger partial charge < -0.3 is 10.1 Å². The molecule has 3 nitrogen and oxygen atoms in total. The van der Waals surface area contributed by atoms with Crippen LogP contribution >= 0.6 is 0 Å². The number of carbonyl (C=O) groups excluding carboxylic acids is 1. The third kappa shape index (κ3) is 4.02. The molecule has 0 radical (unpaired) electrons. The lowest BCUT2D eigenvalue weighted by molar-refractivity contribution is 0.133. The van der Waals surface area contributed by atoms with E-state index in [-0.39, 0.29) is 11.8 Å². The Hall–Kier alpha value is -0.513. The second-order valence-electron chi connectivity index (χ2n) is 1.87. The normalized spacial score (nSPS) is 12.7. The lowest BCUT2D eigenvalue weighted by Crippen LogP contribution is -2.25. The summed E-state index contributed by atoms with van der Waals surface area (Å²) in [4.78, 5) is 10.5. The molecule has 0 saturated carbocycles. The zero-order valence-electron chi connectivity index (χ0n) is 6.10. The van der Waals surface area contributed by atoms with Crippen molar-refractivity contribution in [3.63, 3.8) is 0 Å². The Balaban J connectivity index is 3.34. The fraction of sp³-hybridized carbons (Fsp3) is 0.800.